The molecule has 0 bridgehead atoms. The van der Waals surface area contributed by atoms with Crippen LogP contribution in [0.5, 0.6) is 5.75 Å². The van der Waals surface area contributed by atoms with E-state index in [0.717, 1.165) is 6.54 Å². The highest BCUT2D eigenvalue weighted by atomic mass is 19.2. The summed E-state index contributed by atoms with van der Waals surface area (Å²) in [5.74, 6) is -11.3. The van der Waals surface area contributed by atoms with Crippen molar-refractivity contribution >= 4 is 0 Å². The van der Waals surface area contributed by atoms with Gasteiger partial charge < -0.3 is 10.1 Å². The van der Waals surface area contributed by atoms with Gasteiger partial charge in [-0.1, -0.05) is 6.92 Å². The van der Waals surface area contributed by atoms with E-state index in [1.165, 1.54) is 0 Å². The van der Waals surface area contributed by atoms with Gasteiger partial charge in [0, 0.05) is 0 Å². The lowest BCUT2D eigenvalue weighted by Crippen LogP contribution is -2.15. The highest BCUT2D eigenvalue weighted by Crippen LogP contribution is 2.29. The van der Waals surface area contributed by atoms with Crippen molar-refractivity contribution < 1.29 is 26.7 Å². The van der Waals surface area contributed by atoms with E-state index in [-0.39, 0.29) is 6.61 Å². The maximum Gasteiger partial charge on any atom is 0.206 e. The Morgan fingerprint density at radius 3 is 1.89 bits per heavy atom. The second kappa shape index (κ2) is 7.28. The van der Waals surface area contributed by atoms with Crippen LogP contribution in [0.1, 0.15) is 19.8 Å². The van der Waals surface area contributed by atoms with Crippen molar-refractivity contribution in [1.82, 2.24) is 5.32 Å². The molecule has 0 aromatic heterocycles. The van der Waals surface area contributed by atoms with Gasteiger partial charge in [0.05, 0.1) is 6.61 Å². The molecule has 0 saturated carbocycles. The van der Waals surface area contributed by atoms with Crippen LogP contribution in [0.3, 0.4) is 0 Å². The maximum atomic E-state index is 13.2. The summed E-state index contributed by atoms with van der Waals surface area (Å²) < 4.78 is 69.4. The lowest BCUT2D eigenvalue weighted by atomic mass is 10.2. The summed E-state index contributed by atoms with van der Waals surface area (Å²) in [5, 5.41) is 3.02. The summed E-state index contributed by atoms with van der Waals surface area (Å²) in [6.45, 7) is 3.28. The molecule has 0 aliphatic rings. The molecule has 0 radical (unpaired) electrons. The number of rotatable bonds is 7. The average molecular weight is 283 g/mol. The molecule has 1 aromatic carbocycles. The number of hydrogen-bond acceptors (Lipinski definition) is 2. The topological polar surface area (TPSA) is 21.3 Å². The first-order chi connectivity index (χ1) is 9.00. The summed E-state index contributed by atoms with van der Waals surface area (Å²) in [5.41, 5.74) is 0. The van der Waals surface area contributed by atoms with Gasteiger partial charge in [-0.3, -0.25) is 0 Å². The molecule has 108 valence electrons. The molecule has 0 aliphatic heterocycles. The van der Waals surface area contributed by atoms with Crippen molar-refractivity contribution in [2.75, 3.05) is 19.7 Å². The molecule has 0 spiro atoms. The molecule has 0 fully saturated rings. The van der Waals surface area contributed by atoms with Gasteiger partial charge in [-0.05, 0) is 25.9 Å². The minimum absolute atomic E-state index is 0.121. The van der Waals surface area contributed by atoms with Crippen LogP contribution in [0.4, 0.5) is 22.0 Å². The zero-order valence-electron chi connectivity index (χ0n) is 10.3. The number of unbranched alkanes of at least 4 members (excludes halogenated alkanes) is 1. The molecule has 1 N–H and O–H groups in total. The molecule has 7 heteroatoms. The van der Waals surface area contributed by atoms with Gasteiger partial charge in [0.15, 0.2) is 5.75 Å². The van der Waals surface area contributed by atoms with Crippen LogP contribution in [0.15, 0.2) is 0 Å². The van der Waals surface area contributed by atoms with Gasteiger partial charge >= 0.3 is 0 Å². The first-order valence-electron chi connectivity index (χ1n) is 5.85. The molecule has 2 nitrogen and oxygen atoms in total. The molecule has 0 unspecified atom stereocenters. The predicted molar refractivity (Wildman–Crippen MR) is 59.5 cm³/mol. The van der Waals surface area contributed by atoms with Crippen molar-refractivity contribution in [3.05, 3.63) is 29.1 Å². The fourth-order valence-electron chi connectivity index (χ4n) is 1.41. The third-order valence-electron chi connectivity index (χ3n) is 2.41. The summed E-state index contributed by atoms with van der Waals surface area (Å²) in [6, 6.07) is 0. The lowest BCUT2D eigenvalue weighted by molar-refractivity contribution is 0.256. The van der Waals surface area contributed by atoms with Gasteiger partial charge in [0.2, 0.25) is 29.1 Å². The van der Waals surface area contributed by atoms with Crippen LogP contribution < -0.4 is 10.1 Å². The Morgan fingerprint density at radius 2 is 1.37 bits per heavy atom. The van der Waals surface area contributed by atoms with Gasteiger partial charge in [0.25, 0.3) is 0 Å². The van der Waals surface area contributed by atoms with Crippen molar-refractivity contribution in [3.63, 3.8) is 0 Å². The van der Waals surface area contributed by atoms with Crippen LogP contribution in [0.25, 0.3) is 0 Å². The fraction of sp³-hybridized carbons (Fsp3) is 0.500. The van der Waals surface area contributed by atoms with E-state index in [1.54, 1.807) is 0 Å². The quantitative estimate of drug-likeness (QED) is 0.359. The Kier molecular flexibility index (Phi) is 6.01. The van der Waals surface area contributed by atoms with E-state index < -0.39 is 34.8 Å². The second-order valence-corrected chi connectivity index (χ2v) is 3.81. The Balaban J connectivity index is 2.64. The molecule has 0 atom stereocenters. The number of hydrogen-bond donors (Lipinski definition) is 1. The van der Waals surface area contributed by atoms with E-state index in [1.807, 2.05) is 6.92 Å². The van der Waals surface area contributed by atoms with Gasteiger partial charge in [-0.25, -0.2) is 13.2 Å². The van der Waals surface area contributed by atoms with E-state index in [4.69, 9.17) is 0 Å². The third kappa shape index (κ3) is 3.79. The van der Waals surface area contributed by atoms with Crippen molar-refractivity contribution in [3.8, 4) is 5.75 Å². The summed E-state index contributed by atoms with van der Waals surface area (Å²) in [4.78, 5) is 0. The molecule has 0 heterocycles. The fourth-order valence-corrected chi connectivity index (χ4v) is 1.41. The molecule has 0 saturated heterocycles. The Labute approximate surface area is 107 Å². The van der Waals surface area contributed by atoms with Crippen molar-refractivity contribution in [2.24, 2.45) is 0 Å². The normalized spacial score (nSPS) is 10.8. The van der Waals surface area contributed by atoms with Crippen LogP contribution in [-0.2, 0) is 0 Å². The summed E-state index contributed by atoms with van der Waals surface area (Å²) in [6.07, 6.45) is 1.11. The van der Waals surface area contributed by atoms with E-state index in [0.29, 0.717) is 19.4 Å². The second-order valence-electron chi connectivity index (χ2n) is 3.81. The average Bonchev–Trinajstić information content (AvgIpc) is 2.41. The van der Waals surface area contributed by atoms with Crippen molar-refractivity contribution in [1.29, 1.82) is 0 Å². The standard InChI is InChI=1S/C12H14F5NO/c1-2-18-5-3-4-6-19-12-10(16)8(14)7(13)9(15)11(12)17/h18H,2-6H2,1H3. The minimum atomic E-state index is -2.19. The van der Waals surface area contributed by atoms with E-state index in [9.17, 15) is 22.0 Å². The van der Waals surface area contributed by atoms with Gasteiger partial charge in [0.1, 0.15) is 0 Å². The molecule has 0 aliphatic carbocycles. The molecule has 0 amide bonds. The van der Waals surface area contributed by atoms with Gasteiger partial charge in [-0.2, -0.15) is 8.78 Å². The lowest BCUT2D eigenvalue weighted by Gasteiger charge is -2.10. The summed E-state index contributed by atoms with van der Waals surface area (Å²) >= 11 is 0. The number of halogens is 5. The van der Waals surface area contributed by atoms with Crippen LogP contribution in [0, 0.1) is 29.1 Å². The first-order valence-corrected chi connectivity index (χ1v) is 5.85. The molecule has 1 rings (SSSR count). The van der Waals surface area contributed by atoms with Gasteiger partial charge in [-0.15, -0.1) is 0 Å². The van der Waals surface area contributed by atoms with Crippen LogP contribution in [0.2, 0.25) is 0 Å². The Bertz CT molecular complexity index is 410. The largest absolute Gasteiger partial charge is 0.487 e. The number of nitrogens with one attached hydrogen (secondary N) is 1. The predicted octanol–water partition coefficient (Wildman–Crippen LogP) is 3.15. The molecular weight excluding hydrogens is 269 g/mol. The summed E-state index contributed by atoms with van der Waals surface area (Å²) in [7, 11) is 0. The third-order valence-corrected chi connectivity index (χ3v) is 2.41. The molecule has 1 aromatic rings. The maximum absolute atomic E-state index is 13.2. The highest BCUT2D eigenvalue weighted by molar-refractivity contribution is 5.29. The zero-order chi connectivity index (χ0) is 14.4. The molecule has 19 heavy (non-hydrogen) atoms. The monoisotopic (exact) mass is 283 g/mol. The Hall–Kier alpha value is -1.37. The number of ether oxygens (including phenoxy) is 1. The van der Waals surface area contributed by atoms with Crippen LogP contribution in [-0.4, -0.2) is 19.7 Å². The van der Waals surface area contributed by atoms with Crippen LogP contribution >= 0.6 is 0 Å². The first kappa shape index (κ1) is 15.7. The highest BCUT2D eigenvalue weighted by Gasteiger charge is 2.26. The minimum Gasteiger partial charge on any atom is -0.487 e. The zero-order valence-corrected chi connectivity index (χ0v) is 10.3. The smallest absolute Gasteiger partial charge is 0.206 e. The van der Waals surface area contributed by atoms with Crippen molar-refractivity contribution in [2.45, 2.75) is 19.8 Å². The number of benzene rings is 1. The Morgan fingerprint density at radius 1 is 0.842 bits per heavy atom. The molecular formula is C12H14F5NO. The van der Waals surface area contributed by atoms with E-state index in [2.05, 4.69) is 10.1 Å². The SMILES string of the molecule is CCNCCCCOc1c(F)c(F)c(F)c(F)c1F. The van der Waals surface area contributed by atoms with E-state index >= 15 is 0 Å².